The zero-order valence-corrected chi connectivity index (χ0v) is 26.0. The molecule has 3 aromatic rings. The summed E-state index contributed by atoms with van der Waals surface area (Å²) in [5.41, 5.74) is 18.6. The van der Waals surface area contributed by atoms with Gasteiger partial charge in [-0.2, -0.15) is 0 Å². The Morgan fingerprint density at radius 1 is 1.00 bits per heavy atom. The average Bonchev–Trinajstić information content (AvgIpc) is 3.48. The Kier molecular flexibility index (Phi) is 11.0. The number of aliphatic hydroxyl groups is 2. The molecule has 0 spiro atoms. The standard InChI is InChI=1S/C34H38N8O5/c35-41-38-22-26-10-3-2-9-25(26)21-34(32(44)37-23-33(45)17-6-1-7-18-33)30(28-11-4-5-12-29(28)40-42-36)47-31(39-34)24-13-15-27(16-14-24)46-20-8-19-43/h2-5,9-16,30,43,45H,1,6-8,17-23H2,(H,37,44)/t30-,34-/m1/s1. The summed E-state index contributed by atoms with van der Waals surface area (Å²) in [6.07, 6.45) is 3.45. The number of hydrogen-bond donors (Lipinski definition) is 3. The number of rotatable bonds is 14. The number of carbonyl (C=O) groups excluding carboxylic acids is 1. The van der Waals surface area contributed by atoms with E-state index in [-0.39, 0.29) is 37.7 Å². The van der Waals surface area contributed by atoms with Crippen molar-refractivity contribution in [2.45, 2.75) is 68.7 Å². The van der Waals surface area contributed by atoms with Gasteiger partial charge in [0, 0.05) is 52.6 Å². The summed E-state index contributed by atoms with van der Waals surface area (Å²) in [5, 5.41) is 31.1. The van der Waals surface area contributed by atoms with Gasteiger partial charge in [0.2, 0.25) is 5.90 Å². The first kappa shape index (κ1) is 33.3. The Morgan fingerprint density at radius 3 is 2.45 bits per heavy atom. The lowest BCUT2D eigenvalue weighted by Gasteiger charge is -2.35. The van der Waals surface area contributed by atoms with E-state index < -0.39 is 23.2 Å². The fourth-order valence-corrected chi connectivity index (χ4v) is 6.17. The monoisotopic (exact) mass is 638 g/mol. The fourth-order valence-electron chi connectivity index (χ4n) is 6.17. The predicted octanol–water partition coefficient (Wildman–Crippen LogP) is 6.51. The van der Waals surface area contributed by atoms with Gasteiger partial charge in [-0.15, -0.1) is 0 Å². The predicted molar refractivity (Wildman–Crippen MR) is 176 cm³/mol. The molecular weight excluding hydrogens is 600 g/mol. The van der Waals surface area contributed by atoms with Gasteiger partial charge in [0.25, 0.3) is 5.91 Å². The molecule has 1 heterocycles. The quantitative estimate of drug-likeness (QED) is 0.0781. The molecule has 1 fully saturated rings. The maximum Gasteiger partial charge on any atom is 0.252 e. The molecule has 0 saturated heterocycles. The second-order valence-corrected chi connectivity index (χ2v) is 11.8. The van der Waals surface area contributed by atoms with Crippen molar-refractivity contribution in [3.8, 4) is 5.75 Å². The van der Waals surface area contributed by atoms with E-state index >= 15 is 0 Å². The molecule has 5 rings (SSSR count). The number of nitrogens with zero attached hydrogens (tertiary/aromatic N) is 7. The van der Waals surface area contributed by atoms with E-state index in [0.717, 1.165) is 30.4 Å². The summed E-state index contributed by atoms with van der Waals surface area (Å²) in [7, 11) is 0. The van der Waals surface area contributed by atoms with Gasteiger partial charge in [-0.05, 0) is 59.3 Å². The van der Waals surface area contributed by atoms with Crippen LogP contribution in [0.2, 0.25) is 0 Å². The minimum Gasteiger partial charge on any atom is -0.494 e. The van der Waals surface area contributed by atoms with E-state index in [0.29, 0.717) is 42.7 Å². The Balaban J connectivity index is 1.63. The molecule has 3 aromatic carbocycles. The maximum atomic E-state index is 14.7. The van der Waals surface area contributed by atoms with Crippen LogP contribution in [-0.2, 0) is 22.5 Å². The largest absolute Gasteiger partial charge is 0.494 e. The lowest BCUT2D eigenvalue weighted by Crippen LogP contribution is -2.54. The van der Waals surface area contributed by atoms with Crippen LogP contribution in [0.3, 0.4) is 0 Å². The summed E-state index contributed by atoms with van der Waals surface area (Å²) in [4.78, 5) is 25.7. The zero-order valence-electron chi connectivity index (χ0n) is 26.0. The highest BCUT2D eigenvalue weighted by Crippen LogP contribution is 2.46. The molecule has 2 aliphatic rings. The molecule has 1 aliphatic heterocycles. The van der Waals surface area contributed by atoms with Crippen molar-refractivity contribution in [2.24, 2.45) is 15.2 Å². The molecule has 0 unspecified atom stereocenters. The summed E-state index contributed by atoms with van der Waals surface area (Å²) < 4.78 is 12.3. The molecule has 244 valence electrons. The van der Waals surface area contributed by atoms with E-state index in [9.17, 15) is 15.4 Å². The van der Waals surface area contributed by atoms with Crippen LogP contribution < -0.4 is 10.1 Å². The fraction of sp³-hybridized carbons (Fsp3) is 0.412. The van der Waals surface area contributed by atoms with Crippen molar-refractivity contribution in [1.82, 2.24) is 5.32 Å². The molecule has 47 heavy (non-hydrogen) atoms. The van der Waals surface area contributed by atoms with Crippen molar-refractivity contribution >= 4 is 17.5 Å². The second-order valence-electron chi connectivity index (χ2n) is 11.8. The van der Waals surface area contributed by atoms with Crippen molar-refractivity contribution in [3.63, 3.8) is 0 Å². The Morgan fingerprint density at radius 2 is 1.72 bits per heavy atom. The van der Waals surface area contributed by atoms with E-state index in [1.54, 1.807) is 48.5 Å². The number of ether oxygens (including phenoxy) is 2. The van der Waals surface area contributed by atoms with Gasteiger partial charge in [0.15, 0.2) is 11.6 Å². The number of aliphatic imine (C=N–C) groups is 1. The third-order valence-corrected chi connectivity index (χ3v) is 8.65. The lowest BCUT2D eigenvalue weighted by molar-refractivity contribution is -0.130. The van der Waals surface area contributed by atoms with Gasteiger partial charge in [-0.25, -0.2) is 4.99 Å². The van der Waals surface area contributed by atoms with Crippen LogP contribution >= 0.6 is 0 Å². The van der Waals surface area contributed by atoms with Gasteiger partial charge in [0.1, 0.15) is 5.75 Å². The third kappa shape index (κ3) is 7.85. The Bertz CT molecular complexity index is 1680. The number of azide groups is 2. The van der Waals surface area contributed by atoms with Gasteiger partial charge in [0.05, 0.1) is 18.8 Å². The summed E-state index contributed by atoms with van der Waals surface area (Å²) in [5.74, 6) is 0.337. The number of nitrogens with one attached hydrogen (secondary N) is 1. The SMILES string of the molecule is [N-]=[N+]=NCc1ccccc1C[C@@]1(C(=O)NCC2(O)CCCCC2)N=C(c2ccc(OCCCO)cc2)O[C@@H]1c1ccccc1N=[N+]=[N-]. The first-order valence-electron chi connectivity index (χ1n) is 15.7. The van der Waals surface area contributed by atoms with Crippen LogP contribution in [0.1, 0.15) is 66.9 Å². The summed E-state index contributed by atoms with van der Waals surface area (Å²) in [6, 6.07) is 21.3. The highest BCUT2D eigenvalue weighted by atomic mass is 16.5. The zero-order chi connectivity index (χ0) is 33.1. The first-order valence-corrected chi connectivity index (χ1v) is 15.7. The maximum absolute atomic E-state index is 14.7. The van der Waals surface area contributed by atoms with Crippen LogP contribution in [0.15, 0.2) is 88.0 Å². The van der Waals surface area contributed by atoms with Crippen molar-refractivity contribution < 1.29 is 24.5 Å². The van der Waals surface area contributed by atoms with Gasteiger partial charge in [-0.3, -0.25) is 4.79 Å². The number of benzene rings is 3. The van der Waals surface area contributed by atoms with E-state index in [1.165, 1.54) is 0 Å². The van der Waals surface area contributed by atoms with Crippen molar-refractivity contribution in [2.75, 3.05) is 19.8 Å². The second kappa shape index (κ2) is 15.5. The molecule has 2 atom stereocenters. The molecular formula is C34H38N8O5. The molecule has 0 bridgehead atoms. The molecule has 0 radical (unpaired) electrons. The highest BCUT2D eigenvalue weighted by molar-refractivity contribution is 6.01. The van der Waals surface area contributed by atoms with Gasteiger partial charge in [-0.1, -0.05) is 78.0 Å². The Hall–Kier alpha value is -5.06. The lowest BCUT2D eigenvalue weighted by atomic mass is 9.79. The third-order valence-electron chi connectivity index (χ3n) is 8.65. The van der Waals surface area contributed by atoms with Gasteiger partial charge < -0.3 is 25.0 Å². The normalized spacial score (nSPS) is 19.8. The summed E-state index contributed by atoms with van der Waals surface area (Å²) >= 11 is 0. The van der Waals surface area contributed by atoms with Gasteiger partial charge >= 0.3 is 0 Å². The van der Waals surface area contributed by atoms with E-state index in [2.05, 4.69) is 25.4 Å². The smallest absolute Gasteiger partial charge is 0.252 e. The Labute approximate surface area is 272 Å². The number of carbonyl (C=O) groups is 1. The van der Waals surface area contributed by atoms with Crippen LogP contribution in [-0.4, -0.2) is 52.9 Å². The average molecular weight is 639 g/mol. The van der Waals surface area contributed by atoms with E-state index in [1.807, 2.05) is 24.3 Å². The number of hydrogen-bond acceptors (Lipinski definition) is 8. The highest BCUT2D eigenvalue weighted by Gasteiger charge is 2.54. The van der Waals surface area contributed by atoms with E-state index in [4.69, 9.17) is 25.1 Å². The van der Waals surface area contributed by atoms with Crippen LogP contribution in [0.4, 0.5) is 5.69 Å². The minimum absolute atomic E-state index is 0.0228. The van der Waals surface area contributed by atoms with Crippen LogP contribution in [0, 0.1) is 0 Å². The number of amides is 1. The molecule has 1 amide bonds. The molecule has 0 aromatic heterocycles. The van der Waals surface area contributed by atoms with Crippen LogP contribution in [0.25, 0.3) is 20.9 Å². The molecule has 13 nitrogen and oxygen atoms in total. The minimum atomic E-state index is -1.62. The molecule has 1 aliphatic carbocycles. The molecule has 1 saturated carbocycles. The molecule has 13 heteroatoms. The van der Waals surface area contributed by atoms with Crippen LogP contribution in [0.5, 0.6) is 5.75 Å². The summed E-state index contributed by atoms with van der Waals surface area (Å²) in [6.45, 7) is 0.494. The number of aliphatic hydroxyl groups excluding tert-OH is 1. The molecule has 3 N–H and O–H groups in total. The van der Waals surface area contributed by atoms with Crippen molar-refractivity contribution in [3.05, 3.63) is 116 Å². The van der Waals surface area contributed by atoms with Crippen molar-refractivity contribution in [1.29, 1.82) is 0 Å². The topological polar surface area (TPSA) is 198 Å². The first-order chi connectivity index (χ1) is 22.9.